The Bertz CT molecular complexity index is 277. The highest BCUT2D eigenvalue weighted by Gasteiger charge is 1.91. The van der Waals surface area contributed by atoms with Crippen molar-refractivity contribution in [2.24, 2.45) is 4.99 Å². The second kappa shape index (κ2) is 3.76. The van der Waals surface area contributed by atoms with Crippen molar-refractivity contribution in [1.29, 1.82) is 0 Å². The van der Waals surface area contributed by atoms with Gasteiger partial charge < -0.3 is 14.8 Å². The van der Waals surface area contributed by atoms with Gasteiger partial charge in [-0.3, -0.25) is 0 Å². The van der Waals surface area contributed by atoms with Gasteiger partial charge in [-0.1, -0.05) is 12.1 Å². The maximum absolute atomic E-state index is 11.0. The monoisotopic (exact) mass is 164 g/mol. The number of benzene rings is 1. The summed E-state index contributed by atoms with van der Waals surface area (Å²) in [5.74, 6) is 0.528. The van der Waals surface area contributed by atoms with E-state index >= 15 is 0 Å². The maximum Gasteiger partial charge on any atom is 0.118 e. The quantitative estimate of drug-likeness (QED) is 0.470. The second-order valence-electron chi connectivity index (χ2n) is 2.26. The molecule has 0 unspecified atom stereocenters. The Labute approximate surface area is 71.3 Å². The predicted molar refractivity (Wildman–Crippen MR) is 45.5 cm³/mol. The minimum absolute atomic E-state index is 0.211. The SMILES string of the molecule is CN=C([O-])c1ccc(OC)cc1. The average molecular weight is 164 g/mol. The van der Waals surface area contributed by atoms with E-state index in [9.17, 15) is 5.11 Å². The van der Waals surface area contributed by atoms with Gasteiger partial charge in [0.25, 0.3) is 0 Å². The van der Waals surface area contributed by atoms with E-state index < -0.39 is 0 Å². The summed E-state index contributed by atoms with van der Waals surface area (Å²) in [5, 5.41) is 11.0. The standard InChI is InChI=1S/C9H11NO2/c1-10-9(11)7-3-5-8(12-2)6-4-7/h3-6H,1-2H3,(H,10,11)/p-1. The summed E-state index contributed by atoms with van der Waals surface area (Å²) in [6, 6.07) is 6.85. The number of hydrogen-bond acceptors (Lipinski definition) is 3. The number of rotatable bonds is 2. The number of aliphatic imine (C=N–C) groups is 1. The Morgan fingerprint density at radius 2 is 1.92 bits per heavy atom. The molecule has 3 heteroatoms. The molecule has 0 aliphatic rings. The van der Waals surface area contributed by atoms with Crippen LogP contribution in [-0.4, -0.2) is 20.1 Å². The Kier molecular flexibility index (Phi) is 2.69. The van der Waals surface area contributed by atoms with Crippen molar-refractivity contribution in [3.63, 3.8) is 0 Å². The fourth-order valence-corrected chi connectivity index (χ4v) is 0.863. The van der Waals surface area contributed by atoms with Gasteiger partial charge in [0.2, 0.25) is 0 Å². The Balaban J connectivity index is 2.92. The van der Waals surface area contributed by atoms with Gasteiger partial charge in [-0.05, 0) is 23.6 Å². The molecule has 0 heterocycles. The normalized spacial score (nSPS) is 11.3. The van der Waals surface area contributed by atoms with Crippen molar-refractivity contribution < 1.29 is 9.84 Å². The first kappa shape index (κ1) is 8.59. The van der Waals surface area contributed by atoms with Crippen LogP contribution in [0.2, 0.25) is 0 Å². The zero-order valence-electron chi connectivity index (χ0n) is 7.07. The first-order chi connectivity index (χ1) is 5.77. The van der Waals surface area contributed by atoms with Crippen molar-refractivity contribution in [3.8, 4) is 5.75 Å². The molecule has 0 N–H and O–H groups in total. The third kappa shape index (κ3) is 1.75. The molecule has 0 atom stereocenters. The third-order valence-electron chi connectivity index (χ3n) is 1.54. The van der Waals surface area contributed by atoms with E-state index in [1.165, 1.54) is 7.05 Å². The highest BCUT2D eigenvalue weighted by molar-refractivity contribution is 5.90. The lowest BCUT2D eigenvalue weighted by Crippen LogP contribution is -2.18. The van der Waals surface area contributed by atoms with Gasteiger partial charge >= 0.3 is 0 Å². The third-order valence-corrected chi connectivity index (χ3v) is 1.54. The summed E-state index contributed by atoms with van der Waals surface area (Å²) < 4.78 is 4.94. The van der Waals surface area contributed by atoms with Crippen molar-refractivity contribution in [3.05, 3.63) is 29.8 Å². The molecular formula is C9H10NO2-. The smallest absolute Gasteiger partial charge is 0.118 e. The van der Waals surface area contributed by atoms with Crippen molar-refractivity contribution in [1.82, 2.24) is 0 Å². The molecule has 1 aromatic rings. The van der Waals surface area contributed by atoms with Crippen molar-refractivity contribution in [2.75, 3.05) is 14.2 Å². The van der Waals surface area contributed by atoms with Gasteiger partial charge in [-0.15, -0.1) is 0 Å². The molecule has 0 aliphatic heterocycles. The molecule has 0 aliphatic carbocycles. The van der Waals surface area contributed by atoms with Crippen LogP contribution in [0, 0.1) is 0 Å². The van der Waals surface area contributed by atoms with Crippen LogP contribution in [-0.2, 0) is 0 Å². The highest BCUT2D eigenvalue weighted by Crippen LogP contribution is 2.10. The molecule has 0 spiro atoms. The van der Waals surface area contributed by atoms with E-state index in [4.69, 9.17) is 4.74 Å². The molecule has 1 aromatic carbocycles. The van der Waals surface area contributed by atoms with Gasteiger partial charge in [-0.25, -0.2) is 0 Å². The van der Waals surface area contributed by atoms with E-state index in [0.29, 0.717) is 5.56 Å². The molecule has 0 radical (unpaired) electrons. The molecule has 64 valence electrons. The number of ether oxygens (including phenoxy) is 1. The highest BCUT2D eigenvalue weighted by atomic mass is 16.5. The zero-order valence-corrected chi connectivity index (χ0v) is 7.07. The topological polar surface area (TPSA) is 44.7 Å². The molecule has 0 fully saturated rings. The van der Waals surface area contributed by atoms with Crippen LogP contribution >= 0.6 is 0 Å². The average Bonchev–Trinajstić information content (AvgIpc) is 2.17. The maximum atomic E-state index is 11.0. The predicted octanol–water partition coefficient (Wildman–Crippen LogP) is 0.432. The first-order valence-electron chi connectivity index (χ1n) is 3.56. The molecule has 0 bridgehead atoms. The number of nitrogens with zero attached hydrogens (tertiary/aromatic N) is 1. The van der Waals surface area contributed by atoms with Crippen LogP contribution in [0.3, 0.4) is 0 Å². The van der Waals surface area contributed by atoms with Gasteiger partial charge in [0.05, 0.1) is 7.11 Å². The van der Waals surface area contributed by atoms with Gasteiger partial charge in [0.15, 0.2) is 0 Å². The van der Waals surface area contributed by atoms with Crippen LogP contribution in [0.15, 0.2) is 29.3 Å². The molecule has 0 saturated carbocycles. The van der Waals surface area contributed by atoms with Crippen LogP contribution < -0.4 is 9.84 Å². The molecule has 0 saturated heterocycles. The largest absolute Gasteiger partial charge is 0.859 e. The lowest BCUT2D eigenvalue weighted by molar-refractivity contribution is -0.213. The number of hydrogen-bond donors (Lipinski definition) is 0. The van der Waals surface area contributed by atoms with E-state index in [1.807, 2.05) is 0 Å². The Morgan fingerprint density at radius 3 is 2.33 bits per heavy atom. The van der Waals surface area contributed by atoms with E-state index in [2.05, 4.69) is 4.99 Å². The lowest BCUT2D eigenvalue weighted by Gasteiger charge is -2.09. The summed E-state index contributed by atoms with van der Waals surface area (Å²) >= 11 is 0. The van der Waals surface area contributed by atoms with Crippen LogP contribution in [0.1, 0.15) is 5.56 Å². The molecule has 3 nitrogen and oxygen atoms in total. The summed E-state index contributed by atoms with van der Waals surface area (Å²) in [6.07, 6.45) is 0. The van der Waals surface area contributed by atoms with Crippen molar-refractivity contribution in [2.45, 2.75) is 0 Å². The molecule has 1 rings (SSSR count). The fourth-order valence-electron chi connectivity index (χ4n) is 0.863. The minimum Gasteiger partial charge on any atom is -0.859 e. The van der Waals surface area contributed by atoms with Crippen LogP contribution in [0.4, 0.5) is 0 Å². The molecular weight excluding hydrogens is 154 g/mol. The van der Waals surface area contributed by atoms with Crippen LogP contribution in [0.25, 0.3) is 0 Å². The summed E-state index contributed by atoms with van der Waals surface area (Å²) in [4.78, 5) is 3.53. The zero-order chi connectivity index (χ0) is 8.97. The number of methoxy groups -OCH3 is 1. The second-order valence-corrected chi connectivity index (χ2v) is 2.26. The summed E-state index contributed by atoms with van der Waals surface area (Å²) in [5.41, 5.74) is 0.582. The summed E-state index contributed by atoms with van der Waals surface area (Å²) in [7, 11) is 3.06. The van der Waals surface area contributed by atoms with E-state index in [-0.39, 0.29) is 5.90 Å². The molecule has 12 heavy (non-hydrogen) atoms. The molecule has 0 aromatic heterocycles. The first-order valence-corrected chi connectivity index (χ1v) is 3.56. The van der Waals surface area contributed by atoms with Gasteiger partial charge in [0.1, 0.15) is 5.75 Å². The van der Waals surface area contributed by atoms with Crippen LogP contribution in [0.5, 0.6) is 5.75 Å². The molecule has 0 amide bonds. The lowest BCUT2D eigenvalue weighted by atomic mass is 10.2. The Morgan fingerprint density at radius 1 is 1.33 bits per heavy atom. The van der Waals surface area contributed by atoms with E-state index in [1.54, 1.807) is 31.4 Å². The van der Waals surface area contributed by atoms with E-state index in [0.717, 1.165) is 5.75 Å². The van der Waals surface area contributed by atoms with Crippen molar-refractivity contribution >= 4 is 5.90 Å². The fraction of sp³-hybridized carbons (Fsp3) is 0.222. The van der Waals surface area contributed by atoms with Gasteiger partial charge in [0, 0.05) is 7.05 Å². The van der Waals surface area contributed by atoms with Gasteiger partial charge in [-0.2, -0.15) is 0 Å². The Hall–Kier alpha value is -1.51. The summed E-state index contributed by atoms with van der Waals surface area (Å²) in [6.45, 7) is 0. The minimum atomic E-state index is -0.211.